The fourth-order valence-electron chi connectivity index (χ4n) is 1.18. The van der Waals surface area contributed by atoms with Crippen molar-refractivity contribution in [2.45, 2.75) is 0 Å². The monoisotopic (exact) mass is 248 g/mol. The topological polar surface area (TPSA) is 79.3 Å². The summed E-state index contributed by atoms with van der Waals surface area (Å²) in [6.45, 7) is 0. The highest BCUT2D eigenvalue weighted by atomic mass is 32.1. The Labute approximate surface area is 101 Å². The van der Waals surface area contributed by atoms with Crippen molar-refractivity contribution in [2.24, 2.45) is 0 Å². The molecule has 0 spiro atoms. The van der Waals surface area contributed by atoms with Crippen LogP contribution in [0.3, 0.4) is 0 Å². The molecule has 0 aliphatic heterocycles. The summed E-state index contributed by atoms with van der Waals surface area (Å²) >= 11 is 1.43. The average molecular weight is 248 g/mol. The molecular weight excluding hydrogens is 240 g/mol. The van der Waals surface area contributed by atoms with Crippen LogP contribution in [0.4, 0.5) is 5.82 Å². The molecule has 2 heterocycles. The molecule has 0 unspecified atom stereocenters. The Morgan fingerprint density at radius 2 is 2.06 bits per heavy atom. The molecule has 0 fully saturated rings. The summed E-state index contributed by atoms with van der Waals surface area (Å²) in [5, 5.41) is 14.8. The maximum Gasteiger partial charge on any atom is 0.337 e. The van der Waals surface area contributed by atoms with Gasteiger partial charge in [0.1, 0.15) is 5.82 Å². The molecule has 0 aromatic carbocycles. The van der Waals surface area contributed by atoms with Gasteiger partial charge in [-0.25, -0.2) is 9.78 Å². The summed E-state index contributed by atoms with van der Waals surface area (Å²) in [7, 11) is 0. The molecule has 2 rings (SSSR count). The van der Waals surface area contributed by atoms with Gasteiger partial charge < -0.3 is 10.4 Å². The molecule has 0 radical (unpaired) electrons. The standard InChI is InChI=1S/C11H8N2O3S/c14-10(8-3-4-17-6-8)13-9-2-1-7(5-12-9)11(15)16/h1-6H,(H,15,16)(H,12,13,14). The fourth-order valence-corrected chi connectivity index (χ4v) is 1.81. The number of carboxylic acids is 1. The van der Waals surface area contributed by atoms with Crippen LogP contribution >= 0.6 is 11.3 Å². The average Bonchev–Trinajstić information content (AvgIpc) is 2.83. The number of aromatic nitrogens is 1. The predicted molar refractivity (Wildman–Crippen MR) is 63.5 cm³/mol. The number of rotatable bonds is 3. The maximum absolute atomic E-state index is 11.6. The van der Waals surface area contributed by atoms with Crippen LogP contribution in [0.25, 0.3) is 0 Å². The highest BCUT2D eigenvalue weighted by Crippen LogP contribution is 2.10. The largest absolute Gasteiger partial charge is 0.478 e. The predicted octanol–water partition coefficient (Wildman–Crippen LogP) is 2.09. The number of hydrogen-bond acceptors (Lipinski definition) is 4. The molecule has 0 aliphatic rings. The molecule has 0 atom stereocenters. The summed E-state index contributed by atoms with van der Waals surface area (Å²) < 4.78 is 0. The third kappa shape index (κ3) is 2.67. The normalized spacial score (nSPS) is 9.88. The second-order valence-electron chi connectivity index (χ2n) is 3.20. The first-order valence-electron chi connectivity index (χ1n) is 4.70. The van der Waals surface area contributed by atoms with Crippen molar-refractivity contribution < 1.29 is 14.7 Å². The van der Waals surface area contributed by atoms with Crippen LogP contribution < -0.4 is 5.32 Å². The van der Waals surface area contributed by atoms with Crippen LogP contribution in [0.1, 0.15) is 20.7 Å². The van der Waals surface area contributed by atoms with Gasteiger partial charge in [0.25, 0.3) is 5.91 Å². The maximum atomic E-state index is 11.6. The number of carbonyl (C=O) groups is 2. The van der Waals surface area contributed by atoms with Crippen molar-refractivity contribution in [3.8, 4) is 0 Å². The highest BCUT2D eigenvalue weighted by molar-refractivity contribution is 7.08. The minimum absolute atomic E-state index is 0.0820. The van der Waals surface area contributed by atoms with Crippen molar-refractivity contribution >= 4 is 29.0 Å². The van der Waals surface area contributed by atoms with Crippen LogP contribution in [-0.2, 0) is 0 Å². The number of pyridine rings is 1. The SMILES string of the molecule is O=C(O)c1ccc(NC(=O)c2ccsc2)nc1. The van der Waals surface area contributed by atoms with E-state index in [1.54, 1.807) is 16.8 Å². The number of thiophene rings is 1. The summed E-state index contributed by atoms with van der Waals surface area (Å²) in [6, 6.07) is 4.54. The van der Waals surface area contributed by atoms with E-state index in [9.17, 15) is 9.59 Å². The minimum Gasteiger partial charge on any atom is -0.478 e. The van der Waals surface area contributed by atoms with Crippen LogP contribution in [-0.4, -0.2) is 22.0 Å². The Hall–Kier alpha value is -2.21. The molecule has 86 valence electrons. The number of nitrogens with zero attached hydrogens (tertiary/aromatic N) is 1. The van der Waals surface area contributed by atoms with Crippen LogP contribution in [0.2, 0.25) is 0 Å². The zero-order valence-corrected chi connectivity index (χ0v) is 9.40. The van der Waals surface area contributed by atoms with E-state index < -0.39 is 5.97 Å². The van der Waals surface area contributed by atoms with E-state index in [-0.39, 0.29) is 11.5 Å². The first kappa shape index (κ1) is 11.3. The van der Waals surface area contributed by atoms with Gasteiger partial charge in [0.2, 0.25) is 0 Å². The molecule has 5 nitrogen and oxygen atoms in total. The molecule has 0 bridgehead atoms. The van der Waals surface area contributed by atoms with E-state index in [4.69, 9.17) is 5.11 Å². The Balaban J connectivity index is 2.09. The Bertz CT molecular complexity index is 534. The van der Waals surface area contributed by atoms with E-state index in [0.717, 1.165) is 0 Å². The number of anilines is 1. The number of aromatic carboxylic acids is 1. The van der Waals surface area contributed by atoms with Gasteiger partial charge in [-0.05, 0) is 23.6 Å². The Morgan fingerprint density at radius 3 is 2.59 bits per heavy atom. The first-order valence-corrected chi connectivity index (χ1v) is 5.64. The quantitative estimate of drug-likeness (QED) is 0.871. The van der Waals surface area contributed by atoms with E-state index in [1.165, 1.54) is 29.7 Å². The molecule has 0 aliphatic carbocycles. The summed E-state index contributed by atoms with van der Waals surface area (Å²) in [5.74, 6) is -0.985. The van der Waals surface area contributed by atoms with Gasteiger partial charge in [0.05, 0.1) is 11.1 Å². The van der Waals surface area contributed by atoms with Crippen molar-refractivity contribution in [3.05, 3.63) is 46.3 Å². The van der Waals surface area contributed by atoms with Crippen molar-refractivity contribution in [1.29, 1.82) is 0 Å². The van der Waals surface area contributed by atoms with Gasteiger partial charge in [-0.15, -0.1) is 0 Å². The molecule has 17 heavy (non-hydrogen) atoms. The second-order valence-corrected chi connectivity index (χ2v) is 3.98. The summed E-state index contributed by atoms with van der Waals surface area (Å²) in [6.07, 6.45) is 1.20. The van der Waals surface area contributed by atoms with E-state index >= 15 is 0 Å². The Kier molecular flexibility index (Phi) is 3.15. The highest BCUT2D eigenvalue weighted by Gasteiger charge is 2.08. The molecule has 2 aromatic heterocycles. The van der Waals surface area contributed by atoms with Gasteiger partial charge in [0, 0.05) is 11.6 Å². The van der Waals surface area contributed by atoms with Crippen LogP contribution in [0.5, 0.6) is 0 Å². The lowest BCUT2D eigenvalue weighted by molar-refractivity contribution is 0.0696. The number of amides is 1. The molecule has 2 aromatic rings. The number of carboxylic acid groups (broad SMARTS) is 1. The molecule has 2 N–H and O–H groups in total. The van der Waals surface area contributed by atoms with Crippen LogP contribution in [0.15, 0.2) is 35.2 Å². The third-order valence-electron chi connectivity index (χ3n) is 2.04. The lowest BCUT2D eigenvalue weighted by Crippen LogP contribution is -2.12. The van der Waals surface area contributed by atoms with Gasteiger partial charge in [-0.3, -0.25) is 4.79 Å². The summed E-state index contributed by atoms with van der Waals surface area (Å²) in [4.78, 5) is 26.1. The van der Waals surface area contributed by atoms with Crippen molar-refractivity contribution in [3.63, 3.8) is 0 Å². The number of carbonyl (C=O) groups excluding carboxylic acids is 1. The molecule has 0 saturated carbocycles. The zero-order valence-electron chi connectivity index (χ0n) is 8.58. The number of nitrogens with one attached hydrogen (secondary N) is 1. The van der Waals surface area contributed by atoms with Crippen LogP contribution in [0, 0.1) is 0 Å². The lowest BCUT2D eigenvalue weighted by Gasteiger charge is -2.02. The molecule has 6 heteroatoms. The smallest absolute Gasteiger partial charge is 0.337 e. The van der Waals surface area contributed by atoms with Crippen molar-refractivity contribution in [2.75, 3.05) is 5.32 Å². The third-order valence-corrected chi connectivity index (χ3v) is 2.72. The lowest BCUT2D eigenvalue weighted by atomic mass is 10.3. The molecular formula is C11H8N2O3S. The van der Waals surface area contributed by atoms with Gasteiger partial charge >= 0.3 is 5.97 Å². The molecule has 1 amide bonds. The minimum atomic E-state index is -1.05. The van der Waals surface area contributed by atoms with E-state index in [2.05, 4.69) is 10.3 Å². The molecule has 0 saturated heterocycles. The van der Waals surface area contributed by atoms with Gasteiger partial charge in [0.15, 0.2) is 0 Å². The van der Waals surface area contributed by atoms with Gasteiger partial charge in [-0.1, -0.05) is 0 Å². The van der Waals surface area contributed by atoms with Gasteiger partial charge in [-0.2, -0.15) is 11.3 Å². The second kappa shape index (κ2) is 4.75. The Morgan fingerprint density at radius 1 is 1.24 bits per heavy atom. The fraction of sp³-hybridized carbons (Fsp3) is 0. The van der Waals surface area contributed by atoms with E-state index in [1.807, 2.05) is 0 Å². The number of hydrogen-bond donors (Lipinski definition) is 2. The summed E-state index contributed by atoms with van der Waals surface area (Å²) in [5.41, 5.74) is 0.637. The van der Waals surface area contributed by atoms with Crippen molar-refractivity contribution in [1.82, 2.24) is 4.98 Å². The van der Waals surface area contributed by atoms with E-state index in [0.29, 0.717) is 11.4 Å². The first-order chi connectivity index (χ1) is 8.16. The zero-order chi connectivity index (χ0) is 12.3.